The molecule has 3 rings (SSSR count). The highest BCUT2D eigenvalue weighted by atomic mass is 16.5. The first kappa shape index (κ1) is 12.9. The average Bonchev–Trinajstić information content (AvgIpc) is 2.73. The molecule has 1 aliphatic rings. The molecule has 2 heterocycles. The van der Waals surface area contributed by atoms with Gasteiger partial charge in [0.25, 0.3) is 0 Å². The summed E-state index contributed by atoms with van der Waals surface area (Å²) in [5.74, 6) is -0.750. The summed E-state index contributed by atoms with van der Waals surface area (Å²) in [5.41, 5.74) is 1.33. The summed E-state index contributed by atoms with van der Waals surface area (Å²) in [6, 6.07) is 4.94. The average molecular weight is 277 g/mol. The van der Waals surface area contributed by atoms with Gasteiger partial charge in [0.2, 0.25) is 5.91 Å². The van der Waals surface area contributed by atoms with Crippen LogP contribution in [-0.4, -0.2) is 36.2 Å². The van der Waals surface area contributed by atoms with E-state index in [0.717, 1.165) is 13.1 Å². The minimum Gasteiger partial charge on any atom is -0.408 e. The lowest BCUT2D eigenvalue weighted by Gasteiger charge is -2.38. The number of aromatic nitrogens is 1. The van der Waals surface area contributed by atoms with Crippen molar-refractivity contribution in [2.24, 2.45) is 0 Å². The molecule has 1 aromatic carbocycles. The van der Waals surface area contributed by atoms with E-state index in [4.69, 9.17) is 9.15 Å². The second-order valence-electron chi connectivity index (χ2n) is 5.12. The van der Waals surface area contributed by atoms with Gasteiger partial charge >= 0.3 is 5.76 Å². The molecular weight excluding hydrogens is 262 g/mol. The molecule has 3 N–H and O–H groups in total. The molecule has 1 aliphatic heterocycles. The van der Waals surface area contributed by atoms with Gasteiger partial charge < -0.3 is 19.8 Å². The van der Waals surface area contributed by atoms with Gasteiger partial charge in [0.05, 0.1) is 11.1 Å². The van der Waals surface area contributed by atoms with Crippen LogP contribution in [0.2, 0.25) is 0 Å². The van der Waals surface area contributed by atoms with E-state index in [1.54, 1.807) is 18.2 Å². The number of oxazole rings is 1. The van der Waals surface area contributed by atoms with Crippen molar-refractivity contribution in [3.63, 3.8) is 0 Å². The van der Waals surface area contributed by atoms with Crippen molar-refractivity contribution < 1.29 is 13.9 Å². The van der Waals surface area contributed by atoms with Crippen LogP contribution >= 0.6 is 0 Å². The summed E-state index contributed by atoms with van der Waals surface area (Å²) in [5, 5.41) is 5.81. The number of H-pyrrole nitrogens is 1. The summed E-state index contributed by atoms with van der Waals surface area (Å²) < 4.78 is 10.4. The number of benzene rings is 1. The van der Waals surface area contributed by atoms with Gasteiger partial charge in [0.1, 0.15) is 6.61 Å². The van der Waals surface area contributed by atoms with Crippen molar-refractivity contribution >= 4 is 22.7 Å². The maximum absolute atomic E-state index is 11.8. The van der Waals surface area contributed by atoms with E-state index in [9.17, 15) is 9.59 Å². The first-order valence-corrected chi connectivity index (χ1v) is 6.32. The van der Waals surface area contributed by atoms with Crippen LogP contribution in [0.25, 0.3) is 11.1 Å². The Kier molecular flexibility index (Phi) is 3.07. The van der Waals surface area contributed by atoms with Crippen LogP contribution in [0.15, 0.2) is 27.4 Å². The highest BCUT2D eigenvalue weighted by Gasteiger charge is 2.32. The number of fused-ring (bicyclic) bond motifs is 1. The molecule has 1 amide bonds. The number of carbonyl (C=O) groups is 1. The van der Waals surface area contributed by atoms with E-state index in [1.807, 2.05) is 6.92 Å². The second-order valence-corrected chi connectivity index (χ2v) is 5.12. The molecule has 0 aliphatic carbocycles. The van der Waals surface area contributed by atoms with Crippen molar-refractivity contribution in [1.29, 1.82) is 0 Å². The van der Waals surface area contributed by atoms with Crippen molar-refractivity contribution in [1.82, 2.24) is 10.3 Å². The molecule has 0 atom stereocenters. The number of hydrogen-bond donors (Lipinski definition) is 3. The number of ether oxygens (including phenoxy) is 1. The van der Waals surface area contributed by atoms with Gasteiger partial charge in [-0.3, -0.25) is 9.78 Å². The Labute approximate surface area is 114 Å². The standard InChI is InChI=1S/C13H15N3O4/c1-13(6-14-7-13)19-5-11(17)15-8-2-3-10-9(4-8)16-12(18)20-10/h2-4,14H,5-7H2,1H3,(H,15,17)(H,16,18). The Morgan fingerprint density at radius 1 is 1.50 bits per heavy atom. The van der Waals surface area contributed by atoms with E-state index < -0.39 is 5.76 Å². The smallest absolute Gasteiger partial charge is 0.408 e. The minimum atomic E-state index is -0.516. The highest BCUT2D eigenvalue weighted by molar-refractivity contribution is 5.93. The van der Waals surface area contributed by atoms with Gasteiger partial charge in [-0.05, 0) is 25.1 Å². The lowest BCUT2D eigenvalue weighted by atomic mass is 10.0. The van der Waals surface area contributed by atoms with Gasteiger partial charge in [0, 0.05) is 18.8 Å². The summed E-state index contributed by atoms with van der Waals surface area (Å²) >= 11 is 0. The van der Waals surface area contributed by atoms with E-state index in [-0.39, 0.29) is 18.1 Å². The summed E-state index contributed by atoms with van der Waals surface area (Å²) in [7, 11) is 0. The quantitative estimate of drug-likeness (QED) is 0.753. The van der Waals surface area contributed by atoms with Gasteiger partial charge in [-0.1, -0.05) is 0 Å². The van der Waals surface area contributed by atoms with Crippen LogP contribution in [0, 0.1) is 0 Å². The van der Waals surface area contributed by atoms with E-state index in [1.165, 1.54) is 0 Å². The Morgan fingerprint density at radius 3 is 3.00 bits per heavy atom. The van der Waals surface area contributed by atoms with Crippen LogP contribution in [0.4, 0.5) is 5.69 Å². The van der Waals surface area contributed by atoms with Crippen LogP contribution in [0.3, 0.4) is 0 Å². The normalized spacial score (nSPS) is 16.9. The van der Waals surface area contributed by atoms with Gasteiger partial charge in [0.15, 0.2) is 5.58 Å². The molecule has 0 radical (unpaired) electrons. The maximum Gasteiger partial charge on any atom is 0.417 e. The third kappa shape index (κ3) is 2.59. The lowest BCUT2D eigenvalue weighted by Crippen LogP contribution is -2.59. The van der Waals surface area contributed by atoms with Gasteiger partial charge in [-0.15, -0.1) is 0 Å². The number of anilines is 1. The molecule has 20 heavy (non-hydrogen) atoms. The molecule has 1 aromatic heterocycles. The predicted octanol–water partition coefficient (Wildman–Crippen LogP) is 0.438. The lowest BCUT2D eigenvalue weighted by molar-refractivity contribution is -0.130. The third-order valence-corrected chi connectivity index (χ3v) is 3.25. The number of aromatic amines is 1. The van der Waals surface area contributed by atoms with Crippen LogP contribution in [0.5, 0.6) is 0 Å². The zero-order chi connectivity index (χ0) is 14.2. The van der Waals surface area contributed by atoms with E-state index in [0.29, 0.717) is 16.8 Å². The van der Waals surface area contributed by atoms with Gasteiger partial charge in [-0.2, -0.15) is 0 Å². The zero-order valence-corrected chi connectivity index (χ0v) is 11.0. The first-order chi connectivity index (χ1) is 9.54. The van der Waals surface area contributed by atoms with Gasteiger partial charge in [-0.25, -0.2) is 4.79 Å². The Balaban J connectivity index is 1.63. The number of nitrogens with one attached hydrogen (secondary N) is 3. The van der Waals surface area contributed by atoms with Crippen molar-refractivity contribution in [2.75, 3.05) is 25.0 Å². The fourth-order valence-electron chi connectivity index (χ4n) is 2.05. The molecule has 7 nitrogen and oxygen atoms in total. The molecule has 1 fully saturated rings. The molecular formula is C13H15N3O4. The molecule has 0 spiro atoms. The van der Waals surface area contributed by atoms with Crippen molar-refractivity contribution in [3.8, 4) is 0 Å². The molecule has 2 aromatic rings. The molecule has 7 heteroatoms. The number of rotatable bonds is 4. The number of hydrogen-bond acceptors (Lipinski definition) is 5. The number of carbonyl (C=O) groups excluding carboxylic acids is 1. The van der Waals surface area contributed by atoms with Crippen LogP contribution in [-0.2, 0) is 9.53 Å². The largest absolute Gasteiger partial charge is 0.417 e. The Bertz CT molecular complexity index is 699. The summed E-state index contributed by atoms with van der Waals surface area (Å²) in [6.07, 6.45) is 0. The molecule has 0 bridgehead atoms. The molecule has 0 saturated carbocycles. The van der Waals surface area contributed by atoms with Crippen LogP contribution in [0.1, 0.15) is 6.92 Å². The number of amides is 1. The Hall–Kier alpha value is -2.12. The molecule has 1 saturated heterocycles. The molecule has 106 valence electrons. The Morgan fingerprint density at radius 2 is 2.30 bits per heavy atom. The highest BCUT2D eigenvalue weighted by Crippen LogP contribution is 2.17. The maximum atomic E-state index is 11.8. The monoisotopic (exact) mass is 277 g/mol. The van der Waals surface area contributed by atoms with Crippen molar-refractivity contribution in [2.45, 2.75) is 12.5 Å². The first-order valence-electron chi connectivity index (χ1n) is 6.32. The van der Waals surface area contributed by atoms with Crippen molar-refractivity contribution in [3.05, 3.63) is 28.7 Å². The SMILES string of the molecule is CC1(OCC(=O)Nc2ccc3oc(=O)[nH]c3c2)CNC1. The fraction of sp³-hybridized carbons (Fsp3) is 0.385. The summed E-state index contributed by atoms with van der Waals surface area (Å²) in [6.45, 7) is 3.46. The zero-order valence-electron chi connectivity index (χ0n) is 11.0. The third-order valence-electron chi connectivity index (χ3n) is 3.25. The van der Waals surface area contributed by atoms with Crippen LogP contribution < -0.4 is 16.4 Å². The topological polar surface area (TPSA) is 96.4 Å². The van der Waals surface area contributed by atoms with E-state index in [2.05, 4.69) is 15.6 Å². The fourth-order valence-corrected chi connectivity index (χ4v) is 2.05. The second kappa shape index (κ2) is 4.77. The van der Waals surface area contributed by atoms with E-state index >= 15 is 0 Å². The summed E-state index contributed by atoms with van der Waals surface area (Å²) in [4.78, 5) is 25.4. The predicted molar refractivity (Wildman–Crippen MR) is 72.7 cm³/mol. The minimum absolute atomic E-state index is 0.00186. The molecule has 0 unspecified atom stereocenters.